The summed E-state index contributed by atoms with van der Waals surface area (Å²) in [4.78, 5) is 0. The lowest BCUT2D eigenvalue weighted by Crippen LogP contribution is -1.97. The van der Waals surface area contributed by atoms with Crippen LogP contribution in [0.4, 0.5) is 0 Å². The van der Waals surface area contributed by atoms with Crippen LogP contribution in [0, 0.1) is 0 Å². The zero-order valence-electron chi connectivity index (χ0n) is 16.3. The summed E-state index contributed by atoms with van der Waals surface area (Å²) in [6.45, 7) is 0. The van der Waals surface area contributed by atoms with Crippen molar-refractivity contribution in [2.45, 2.75) is 12.8 Å². The summed E-state index contributed by atoms with van der Waals surface area (Å²) in [6, 6.07) is 24.6. The highest BCUT2D eigenvalue weighted by molar-refractivity contribution is 9.10. The lowest BCUT2D eigenvalue weighted by atomic mass is 9.89. The van der Waals surface area contributed by atoms with Crippen molar-refractivity contribution in [3.05, 3.63) is 95.0 Å². The molecule has 0 atom stereocenters. The van der Waals surface area contributed by atoms with Gasteiger partial charge in [-0.3, -0.25) is 0 Å². The van der Waals surface area contributed by atoms with Gasteiger partial charge in [0.1, 0.15) is 0 Å². The van der Waals surface area contributed by atoms with E-state index < -0.39 is 0 Å². The molecule has 1 aliphatic rings. The van der Waals surface area contributed by atoms with Gasteiger partial charge < -0.3 is 4.40 Å². The van der Waals surface area contributed by atoms with E-state index in [1.54, 1.807) is 0 Å². The van der Waals surface area contributed by atoms with Gasteiger partial charge in [0.05, 0.1) is 16.6 Å². The van der Waals surface area contributed by atoms with Crippen LogP contribution in [0.3, 0.4) is 0 Å². The van der Waals surface area contributed by atoms with E-state index in [0.717, 1.165) is 12.8 Å². The minimum Gasteiger partial charge on any atom is -0.308 e. The van der Waals surface area contributed by atoms with Crippen LogP contribution < -0.4 is 0 Å². The van der Waals surface area contributed by atoms with Gasteiger partial charge in [0.25, 0.3) is 0 Å². The highest BCUT2D eigenvalue weighted by Crippen LogP contribution is 2.46. The molecule has 0 amide bonds. The average Bonchev–Trinajstić information content (AvgIpc) is 3.14. The first-order valence-corrected chi connectivity index (χ1v) is 11.3. The molecule has 0 bridgehead atoms. The number of hydrogen-bond donors (Lipinski definition) is 0. The molecule has 0 saturated heterocycles. The minimum atomic E-state index is 1.08. The maximum atomic E-state index is 3.94. The number of allylic oxidation sites excluding steroid dienone is 4. The van der Waals surface area contributed by atoms with Gasteiger partial charge in [-0.25, -0.2) is 0 Å². The zero-order valence-corrected chi connectivity index (χ0v) is 17.9. The van der Waals surface area contributed by atoms with E-state index >= 15 is 0 Å². The summed E-state index contributed by atoms with van der Waals surface area (Å²) in [6.07, 6.45) is 8.92. The Morgan fingerprint density at radius 3 is 2.17 bits per heavy atom. The van der Waals surface area contributed by atoms with E-state index in [2.05, 4.69) is 105 Å². The van der Waals surface area contributed by atoms with Gasteiger partial charge in [-0.05, 0) is 52.9 Å². The number of halogens is 1. The molecule has 142 valence electrons. The number of fused-ring (bicyclic) bond motifs is 6. The van der Waals surface area contributed by atoms with Gasteiger partial charge in [0.2, 0.25) is 0 Å². The lowest BCUT2D eigenvalue weighted by molar-refractivity contribution is 1.05. The van der Waals surface area contributed by atoms with E-state index in [9.17, 15) is 0 Å². The lowest BCUT2D eigenvalue weighted by Gasteiger charge is -2.19. The Morgan fingerprint density at radius 2 is 1.43 bits per heavy atom. The Balaban J connectivity index is 1.83. The van der Waals surface area contributed by atoms with Crippen LogP contribution in [0.1, 0.15) is 18.4 Å². The zero-order chi connectivity index (χ0) is 19.8. The van der Waals surface area contributed by atoms with Crippen LogP contribution in [0.25, 0.3) is 54.4 Å². The number of aromatic nitrogens is 1. The second kappa shape index (κ2) is 5.96. The molecule has 6 aromatic rings. The van der Waals surface area contributed by atoms with Crippen molar-refractivity contribution in [2.24, 2.45) is 0 Å². The Labute approximate surface area is 182 Å². The predicted molar refractivity (Wildman–Crippen MR) is 133 cm³/mol. The van der Waals surface area contributed by atoms with E-state index in [4.69, 9.17) is 0 Å². The molecular formula is C28H18BrN. The Hall–Kier alpha value is -3.10. The smallest absolute Gasteiger partial charge is 0.0626 e. The van der Waals surface area contributed by atoms with Crippen molar-refractivity contribution in [1.82, 2.24) is 4.40 Å². The first kappa shape index (κ1) is 16.7. The van der Waals surface area contributed by atoms with Gasteiger partial charge in [-0.1, -0.05) is 82.7 Å². The van der Waals surface area contributed by atoms with Crippen LogP contribution in [0.2, 0.25) is 0 Å². The molecule has 0 spiro atoms. The second-order valence-corrected chi connectivity index (χ2v) is 9.05. The number of nitrogens with zero attached hydrogens (tertiary/aromatic N) is 1. The second-order valence-electron chi connectivity index (χ2n) is 8.19. The average molecular weight is 448 g/mol. The molecule has 2 aromatic heterocycles. The number of rotatable bonds is 1. The van der Waals surface area contributed by atoms with Crippen molar-refractivity contribution < 1.29 is 0 Å². The van der Waals surface area contributed by atoms with Crippen molar-refractivity contribution >= 4 is 70.4 Å². The van der Waals surface area contributed by atoms with E-state index in [-0.39, 0.29) is 0 Å². The summed E-state index contributed by atoms with van der Waals surface area (Å²) in [5.74, 6) is 0. The molecular weight excluding hydrogens is 430 g/mol. The van der Waals surface area contributed by atoms with Gasteiger partial charge in [-0.2, -0.15) is 0 Å². The standard InChI is InChI=1S/C28H18BrN/c29-23-16-22-19-11-5-7-13-25(19)30-24-12-6-4-10-18(24)20-14-15-21(27(22)28(20)30)26(23)17-8-2-1-3-9-17/h1-2,4-8,10-16H,3,9H2. The summed E-state index contributed by atoms with van der Waals surface area (Å²) >= 11 is 3.94. The minimum absolute atomic E-state index is 1.08. The molecule has 0 aliphatic heterocycles. The molecule has 1 nitrogen and oxygen atoms in total. The third kappa shape index (κ3) is 2.02. The molecule has 0 N–H and O–H groups in total. The van der Waals surface area contributed by atoms with Gasteiger partial charge >= 0.3 is 0 Å². The number of pyridine rings is 1. The monoisotopic (exact) mass is 447 g/mol. The SMILES string of the molecule is Brc1cc2c3ccccc3n3c4ccccc4c4ccc(c1C1=CC=CCC1)c2c43. The fourth-order valence-corrected chi connectivity index (χ4v) is 6.13. The summed E-state index contributed by atoms with van der Waals surface area (Å²) in [7, 11) is 0. The molecule has 1 aliphatic carbocycles. The maximum Gasteiger partial charge on any atom is 0.0626 e. The summed E-state index contributed by atoms with van der Waals surface area (Å²) in [5, 5.41) is 7.99. The van der Waals surface area contributed by atoms with Crippen molar-refractivity contribution in [1.29, 1.82) is 0 Å². The molecule has 30 heavy (non-hydrogen) atoms. The first-order valence-electron chi connectivity index (χ1n) is 10.5. The van der Waals surface area contributed by atoms with Gasteiger partial charge in [-0.15, -0.1) is 0 Å². The topological polar surface area (TPSA) is 4.41 Å². The fourth-order valence-electron chi connectivity index (χ4n) is 5.43. The highest BCUT2D eigenvalue weighted by Gasteiger charge is 2.21. The maximum absolute atomic E-state index is 3.94. The molecule has 0 radical (unpaired) electrons. The third-order valence-electron chi connectivity index (χ3n) is 6.66. The number of hydrogen-bond acceptors (Lipinski definition) is 0. The first-order chi connectivity index (χ1) is 14.8. The molecule has 0 fully saturated rings. The van der Waals surface area contributed by atoms with Gasteiger partial charge in [0, 0.05) is 26.0 Å². The normalized spacial score (nSPS) is 14.6. The molecule has 0 unspecified atom stereocenters. The Bertz CT molecular complexity index is 1700. The molecule has 7 rings (SSSR count). The predicted octanol–water partition coefficient (Wildman–Crippen LogP) is 8.49. The highest BCUT2D eigenvalue weighted by atomic mass is 79.9. The van der Waals surface area contributed by atoms with E-state index in [1.165, 1.54) is 64.5 Å². The molecule has 0 saturated carbocycles. The third-order valence-corrected chi connectivity index (χ3v) is 7.28. The molecule has 4 aromatic carbocycles. The van der Waals surface area contributed by atoms with Gasteiger partial charge in [0.15, 0.2) is 0 Å². The number of para-hydroxylation sites is 2. The largest absolute Gasteiger partial charge is 0.308 e. The Kier molecular flexibility index (Phi) is 3.31. The van der Waals surface area contributed by atoms with Crippen LogP contribution in [-0.4, -0.2) is 4.40 Å². The molecule has 2 heteroatoms. The van der Waals surface area contributed by atoms with Crippen LogP contribution in [0.5, 0.6) is 0 Å². The van der Waals surface area contributed by atoms with E-state index in [1.807, 2.05) is 0 Å². The van der Waals surface area contributed by atoms with Crippen molar-refractivity contribution in [3.8, 4) is 0 Å². The summed E-state index contributed by atoms with van der Waals surface area (Å²) in [5.41, 5.74) is 6.64. The van der Waals surface area contributed by atoms with Crippen LogP contribution in [-0.2, 0) is 0 Å². The van der Waals surface area contributed by atoms with Crippen molar-refractivity contribution in [2.75, 3.05) is 0 Å². The Morgan fingerprint density at radius 1 is 0.733 bits per heavy atom. The summed E-state index contributed by atoms with van der Waals surface area (Å²) < 4.78 is 3.66. The molecule has 2 heterocycles. The van der Waals surface area contributed by atoms with E-state index in [0.29, 0.717) is 0 Å². The fraction of sp³-hybridized carbons (Fsp3) is 0.0714. The van der Waals surface area contributed by atoms with Crippen molar-refractivity contribution in [3.63, 3.8) is 0 Å². The quantitative estimate of drug-likeness (QED) is 0.176. The van der Waals surface area contributed by atoms with Crippen LogP contribution >= 0.6 is 15.9 Å². The van der Waals surface area contributed by atoms with Crippen LogP contribution in [0.15, 0.2) is 89.4 Å². The number of benzene rings is 4.